The molecule has 0 amide bonds. The van der Waals surface area contributed by atoms with E-state index in [4.69, 9.17) is 16.3 Å². The van der Waals surface area contributed by atoms with Gasteiger partial charge in [-0.15, -0.1) is 0 Å². The number of unbranched alkanes of at least 4 members (excludes halogenated alkanes) is 1. The van der Waals surface area contributed by atoms with Crippen molar-refractivity contribution in [1.29, 1.82) is 0 Å². The zero-order valence-electron chi connectivity index (χ0n) is 12.9. The highest BCUT2D eigenvalue weighted by Gasteiger charge is 2.21. The molecule has 4 nitrogen and oxygen atoms in total. The van der Waals surface area contributed by atoms with Crippen molar-refractivity contribution in [3.05, 3.63) is 39.9 Å². The standard InChI is InChI=1S/C16H19ClN2O2S/c1-4-5-8-19-16(22-11(2)18-19)10-14(20)13-9-12(17)6-7-15(13)21-3/h6-7,9-10H,4-5,8H2,1-3H3. The molecule has 0 radical (unpaired) electrons. The first-order valence-electron chi connectivity index (χ1n) is 7.15. The van der Waals surface area contributed by atoms with Crippen LogP contribution in [0, 0.1) is 0 Å². The number of carbonyl (C=O) groups is 1. The summed E-state index contributed by atoms with van der Waals surface area (Å²) < 4.78 is 5.24. The van der Waals surface area contributed by atoms with E-state index in [-0.39, 0.29) is 5.78 Å². The molecule has 0 N–H and O–H groups in total. The van der Waals surface area contributed by atoms with Crippen molar-refractivity contribution >= 4 is 34.2 Å². The second-order valence-electron chi connectivity index (χ2n) is 4.89. The second-order valence-corrected chi connectivity index (χ2v) is 6.54. The Morgan fingerprint density at radius 2 is 2.27 bits per heavy atom. The van der Waals surface area contributed by atoms with Crippen LogP contribution in [-0.2, 0) is 0 Å². The molecule has 0 saturated carbocycles. The minimum atomic E-state index is -0.131. The SMILES string of the molecule is CCCCN1N=C(C)SC1=CC(=O)c1cc(Cl)ccc1OC. The molecule has 1 heterocycles. The average Bonchev–Trinajstić information content (AvgIpc) is 2.84. The first kappa shape index (κ1) is 16.9. The van der Waals surface area contributed by atoms with Crippen LogP contribution >= 0.6 is 23.4 Å². The van der Waals surface area contributed by atoms with Crippen LogP contribution in [0.1, 0.15) is 37.0 Å². The van der Waals surface area contributed by atoms with Gasteiger partial charge in [-0.1, -0.05) is 36.7 Å². The number of carbonyl (C=O) groups excluding carboxylic acids is 1. The Morgan fingerprint density at radius 1 is 1.50 bits per heavy atom. The molecular weight excluding hydrogens is 320 g/mol. The van der Waals surface area contributed by atoms with Crippen LogP contribution in [0.25, 0.3) is 0 Å². The molecule has 6 heteroatoms. The fourth-order valence-corrected chi connectivity index (χ4v) is 3.10. The maximum Gasteiger partial charge on any atom is 0.192 e. The van der Waals surface area contributed by atoms with Gasteiger partial charge in [0.05, 0.1) is 17.7 Å². The smallest absolute Gasteiger partial charge is 0.192 e. The molecule has 1 aliphatic heterocycles. The molecule has 1 aromatic carbocycles. The van der Waals surface area contributed by atoms with E-state index < -0.39 is 0 Å². The number of halogens is 1. The van der Waals surface area contributed by atoms with Gasteiger partial charge < -0.3 is 4.74 Å². The van der Waals surface area contributed by atoms with Crippen LogP contribution in [0.15, 0.2) is 34.4 Å². The van der Waals surface area contributed by atoms with Crippen molar-refractivity contribution in [2.45, 2.75) is 26.7 Å². The molecule has 0 fully saturated rings. The van der Waals surface area contributed by atoms with Gasteiger partial charge in [-0.2, -0.15) is 5.10 Å². The largest absolute Gasteiger partial charge is 0.496 e. The highest BCUT2D eigenvalue weighted by atomic mass is 35.5. The molecule has 0 aliphatic carbocycles. The number of benzene rings is 1. The molecule has 0 bridgehead atoms. The molecule has 0 saturated heterocycles. The third kappa shape index (κ3) is 4.05. The van der Waals surface area contributed by atoms with Gasteiger partial charge in [-0.05, 0) is 31.5 Å². The minimum Gasteiger partial charge on any atom is -0.496 e. The van der Waals surface area contributed by atoms with Crippen molar-refractivity contribution in [2.75, 3.05) is 13.7 Å². The lowest BCUT2D eigenvalue weighted by Crippen LogP contribution is -2.14. The number of hydrazone groups is 1. The van der Waals surface area contributed by atoms with Crippen molar-refractivity contribution in [1.82, 2.24) is 5.01 Å². The molecule has 118 valence electrons. The Labute approximate surface area is 140 Å². The molecule has 2 rings (SSSR count). The van der Waals surface area contributed by atoms with Crippen LogP contribution in [0.3, 0.4) is 0 Å². The summed E-state index contributed by atoms with van der Waals surface area (Å²) in [5.41, 5.74) is 0.461. The summed E-state index contributed by atoms with van der Waals surface area (Å²) in [4.78, 5) is 12.6. The molecule has 1 aliphatic rings. The van der Waals surface area contributed by atoms with Crippen LogP contribution in [-0.4, -0.2) is 29.5 Å². The van der Waals surface area contributed by atoms with Crippen LogP contribution < -0.4 is 4.74 Å². The Morgan fingerprint density at radius 3 is 2.95 bits per heavy atom. The molecule has 0 aromatic heterocycles. The van der Waals surface area contributed by atoms with Gasteiger partial charge in [0, 0.05) is 17.6 Å². The van der Waals surface area contributed by atoms with E-state index in [1.165, 1.54) is 18.9 Å². The predicted octanol–water partition coefficient (Wildman–Crippen LogP) is 4.56. The summed E-state index contributed by atoms with van der Waals surface area (Å²) in [6, 6.07) is 5.03. The molecular formula is C16H19ClN2O2S. The maximum atomic E-state index is 12.6. The normalized spacial score (nSPS) is 16.1. The zero-order chi connectivity index (χ0) is 16.1. The molecule has 22 heavy (non-hydrogen) atoms. The van der Waals surface area contributed by atoms with Crippen LogP contribution in [0.5, 0.6) is 5.75 Å². The Balaban J connectivity index is 2.24. The van der Waals surface area contributed by atoms with Crippen molar-refractivity contribution in [3.8, 4) is 5.75 Å². The molecule has 0 spiro atoms. The summed E-state index contributed by atoms with van der Waals surface area (Å²) in [6.07, 6.45) is 3.72. The highest BCUT2D eigenvalue weighted by molar-refractivity contribution is 8.17. The van der Waals surface area contributed by atoms with E-state index in [0.717, 1.165) is 29.5 Å². The van der Waals surface area contributed by atoms with Gasteiger partial charge in [-0.3, -0.25) is 9.80 Å². The number of thioether (sulfide) groups is 1. The topological polar surface area (TPSA) is 41.9 Å². The van der Waals surface area contributed by atoms with Crippen LogP contribution in [0.2, 0.25) is 5.02 Å². The van der Waals surface area contributed by atoms with E-state index in [0.29, 0.717) is 16.3 Å². The highest BCUT2D eigenvalue weighted by Crippen LogP contribution is 2.31. The lowest BCUT2D eigenvalue weighted by Gasteiger charge is -2.14. The lowest BCUT2D eigenvalue weighted by molar-refractivity contribution is 0.104. The third-order valence-corrected chi connectivity index (χ3v) is 4.32. The van der Waals surface area contributed by atoms with E-state index in [9.17, 15) is 4.79 Å². The van der Waals surface area contributed by atoms with Gasteiger partial charge in [-0.25, -0.2) is 0 Å². The number of hydrogen-bond acceptors (Lipinski definition) is 5. The van der Waals surface area contributed by atoms with E-state index in [1.807, 2.05) is 11.9 Å². The van der Waals surface area contributed by atoms with E-state index in [2.05, 4.69) is 12.0 Å². The summed E-state index contributed by atoms with van der Waals surface area (Å²) in [5, 5.41) is 8.63. The minimum absolute atomic E-state index is 0.131. The fourth-order valence-electron chi connectivity index (χ4n) is 2.08. The number of hydrogen-bond donors (Lipinski definition) is 0. The summed E-state index contributed by atoms with van der Waals surface area (Å²) in [7, 11) is 1.54. The van der Waals surface area contributed by atoms with Gasteiger partial charge in [0.2, 0.25) is 0 Å². The Hall–Kier alpha value is -1.46. The predicted molar refractivity (Wildman–Crippen MR) is 92.7 cm³/mol. The first-order chi connectivity index (χ1) is 10.5. The second kappa shape index (κ2) is 7.70. The van der Waals surface area contributed by atoms with E-state index in [1.54, 1.807) is 24.3 Å². The lowest BCUT2D eigenvalue weighted by atomic mass is 10.1. The fraction of sp³-hybridized carbons (Fsp3) is 0.375. The van der Waals surface area contributed by atoms with Crippen molar-refractivity contribution < 1.29 is 9.53 Å². The zero-order valence-corrected chi connectivity index (χ0v) is 14.5. The summed E-state index contributed by atoms with van der Waals surface area (Å²) >= 11 is 7.50. The third-order valence-electron chi connectivity index (χ3n) is 3.17. The summed E-state index contributed by atoms with van der Waals surface area (Å²) in [6.45, 7) is 4.88. The molecule has 0 atom stereocenters. The average molecular weight is 339 g/mol. The van der Waals surface area contributed by atoms with Crippen molar-refractivity contribution in [3.63, 3.8) is 0 Å². The number of nitrogens with zero attached hydrogens (tertiary/aromatic N) is 2. The Bertz CT molecular complexity index is 629. The molecule has 0 unspecified atom stereocenters. The van der Waals surface area contributed by atoms with Crippen molar-refractivity contribution in [2.24, 2.45) is 5.10 Å². The number of methoxy groups -OCH3 is 1. The first-order valence-corrected chi connectivity index (χ1v) is 8.34. The van der Waals surface area contributed by atoms with Gasteiger partial charge in [0.15, 0.2) is 5.78 Å². The van der Waals surface area contributed by atoms with Gasteiger partial charge >= 0.3 is 0 Å². The number of rotatable bonds is 6. The number of ether oxygens (including phenoxy) is 1. The maximum absolute atomic E-state index is 12.6. The van der Waals surface area contributed by atoms with E-state index >= 15 is 0 Å². The quantitative estimate of drug-likeness (QED) is 0.563. The monoisotopic (exact) mass is 338 g/mol. The number of ketones is 1. The number of allylic oxidation sites excluding steroid dienone is 1. The Kier molecular flexibility index (Phi) is 5.91. The van der Waals surface area contributed by atoms with Gasteiger partial charge in [0.1, 0.15) is 10.8 Å². The molecule has 1 aromatic rings. The summed E-state index contributed by atoms with van der Waals surface area (Å²) in [5.74, 6) is 0.389. The van der Waals surface area contributed by atoms with Gasteiger partial charge in [0.25, 0.3) is 0 Å². The van der Waals surface area contributed by atoms with Crippen LogP contribution in [0.4, 0.5) is 0 Å².